The van der Waals surface area contributed by atoms with Gasteiger partial charge >= 0.3 is 0 Å². The van der Waals surface area contributed by atoms with E-state index >= 15 is 0 Å². The Bertz CT molecular complexity index is 1140. The van der Waals surface area contributed by atoms with Gasteiger partial charge in [-0.1, -0.05) is 36.0 Å². The molecule has 3 rings (SSSR count). The van der Waals surface area contributed by atoms with Crippen molar-refractivity contribution in [1.82, 2.24) is 14.8 Å². The number of nitrogens with zero attached hydrogens (tertiary/aromatic N) is 4. The van der Waals surface area contributed by atoms with E-state index in [0.717, 1.165) is 5.69 Å². The summed E-state index contributed by atoms with van der Waals surface area (Å²) in [5, 5.41) is 20.1. The Morgan fingerprint density at radius 2 is 1.97 bits per heavy atom. The summed E-state index contributed by atoms with van der Waals surface area (Å²) in [5.74, 6) is 2.09. The van der Waals surface area contributed by atoms with Crippen molar-refractivity contribution >= 4 is 23.4 Å². The number of rotatable bonds is 11. The third kappa shape index (κ3) is 5.77. The maximum atomic E-state index is 11.5. The van der Waals surface area contributed by atoms with Crippen LogP contribution in [-0.4, -0.2) is 47.1 Å². The van der Waals surface area contributed by atoms with Crippen molar-refractivity contribution in [2.45, 2.75) is 17.3 Å². The van der Waals surface area contributed by atoms with Gasteiger partial charge < -0.3 is 14.2 Å². The zero-order valence-corrected chi connectivity index (χ0v) is 19.9. The molecule has 0 saturated carbocycles. The quantitative estimate of drug-likeness (QED) is 0.161. The molecule has 2 aromatic carbocycles. The molecule has 0 bridgehead atoms. The highest BCUT2D eigenvalue weighted by molar-refractivity contribution is 7.99. The van der Waals surface area contributed by atoms with Crippen LogP contribution in [0.1, 0.15) is 16.6 Å². The first-order valence-electron chi connectivity index (χ1n) is 9.84. The topological polar surface area (TPSA) is 102 Å². The highest BCUT2D eigenvalue weighted by Gasteiger charge is 2.26. The average Bonchev–Trinajstić information content (AvgIpc) is 3.16. The summed E-state index contributed by atoms with van der Waals surface area (Å²) in [6.07, 6.45) is 1.59. The Balaban J connectivity index is 2.00. The second kappa shape index (κ2) is 11.1. The molecule has 1 atom stereocenters. The number of hydrogen-bond acceptors (Lipinski definition) is 8. The van der Waals surface area contributed by atoms with Gasteiger partial charge in [-0.25, -0.2) is 0 Å². The fourth-order valence-electron chi connectivity index (χ4n) is 3.13. The van der Waals surface area contributed by atoms with Crippen molar-refractivity contribution in [3.63, 3.8) is 0 Å². The Hall–Kier alpha value is -3.24. The molecule has 0 fully saturated rings. The molecule has 0 spiro atoms. The molecule has 3 aromatic rings. The third-order valence-electron chi connectivity index (χ3n) is 4.66. The van der Waals surface area contributed by atoms with E-state index in [0.29, 0.717) is 33.8 Å². The molecule has 9 nitrogen and oxygen atoms in total. The standard InChI is InChI=1S/C22H23ClN4O5S/c1-5-10-32-21-18(23)11-15(12-19(21)31-4)20(13-26(28)29)33-22-25-24-14(2)27(22)16-6-8-17(30-3)9-7-16/h5-9,11-12,20H,1,10,13H2,2-4H3/t20-/m1/s1. The number of methoxy groups -OCH3 is 2. The predicted octanol–water partition coefficient (Wildman–Crippen LogP) is 4.92. The second-order valence-corrected chi connectivity index (χ2v) is 8.40. The lowest BCUT2D eigenvalue weighted by Crippen LogP contribution is -2.12. The van der Waals surface area contributed by atoms with Crippen molar-refractivity contribution < 1.29 is 19.1 Å². The van der Waals surface area contributed by atoms with Gasteiger partial charge in [-0.05, 0) is 48.9 Å². The number of nitro groups is 1. The molecule has 0 aliphatic carbocycles. The Kier molecular flexibility index (Phi) is 8.18. The zero-order chi connectivity index (χ0) is 24.0. The lowest BCUT2D eigenvalue weighted by molar-refractivity contribution is -0.479. The van der Waals surface area contributed by atoms with E-state index in [4.69, 9.17) is 25.8 Å². The molecule has 33 heavy (non-hydrogen) atoms. The summed E-state index contributed by atoms with van der Waals surface area (Å²) in [5.41, 5.74) is 1.41. The van der Waals surface area contributed by atoms with Crippen LogP contribution in [-0.2, 0) is 0 Å². The predicted molar refractivity (Wildman–Crippen MR) is 127 cm³/mol. The first-order chi connectivity index (χ1) is 15.9. The number of benzene rings is 2. The number of thioether (sulfide) groups is 1. The summed E-state index contributed by atoms with van der Waals surface area (Å²) in [6, 6.07) is 10.7. The first kappa shape index (κ1) is 24.4. The van der Waals surface area contributed by atoms with Crippen LogP contribution in [0.25, 0.3) is 5.69 Å². The molecule has 0 saturated heterocycles. The summed E-state index contributed by atoms with van der Waals surface area (Å²) in [7, 11) is 3.07. The number of hydrogen-bond donors (Lipinski definition) is 0. The van der Waals surface area contributed by atoms with E-state index < -0.39 is 5.25 Å². The Morgan fingerprint density at radius 1 is 1.24 bits per heavy atom. The molecule has 0 amide bonds. The normalized spacial score (nSPS) is 11.6. The molecule has 1 heterocycles. The molecular formula is C22H23ClN4O5S. The van der Waals surface area contributed by atoms with Gasteiger partial charge in [0.1, 0.15) is 23.4 Å². The molecule has 0 N–H and O–H groups in total. The fourth-order valence-corrected chi connectivity index (χ4v) is 4.56. The molecule has 11 heteroatoms. The lowest BCUT2D eigenvalue weighted by atomic mass is 10.1. The van der Waals surface area contributed by atoms with Crippen molar-refractivity contribution in [2.75, 3.05) is 27.4 Å². The molecule has 0 aliphatic heterocycles. The number of ether oxygens (including phenoxy) is 3. The van der Waals surface area contributed by atoms with Crippen LogP contribution < -0.4 is 14.2 Å². The zero-order valence-electron chi connectivity index (χ0n) is 18.4. The number of aromatic nitrogens is 3. The van der Waals surface area contributed by atoms with E-state index in [1.165, 1.54) is 18.9 Å². The monoisotopic (exact) mass is 490 g/mol. The first-order valence-corrected chi connectivity index (χ1v) is 11.1. The van der Waals surface area contributed by atoms with Crippen molar-refractivity contribution in [3.8, 4) is 22.9 Å². The molecular weight excluding hydrogens is 468 g/mol. The Morgan fingerprint density at radius 3 is 2.58 bits per heavy atom. The Labute approximate surface area is 200 Å². The van der Waals surface area contributed by atoms with Crippen molar-refractivity contribution in [1.29, 1.82) is 0 Å². The molecule has 1 aromatic heterocycles. The third-order valence-corrected chi connectivity index (χ3v) is 6.12. The van der Waals surface area contributed by atoms with Gasteiger partial charge in [-0.2, -0.15) is 0 Å². The largest absolute Gasteiger partial charge is 0.497 e. The molecule has 174 valence electrons. The van der Waals surface area contributed by atoms with Gasteiger partial charge in [0.2, 0.25) is 6.54 Å². The van der Waals surface area contributed by atoms with E-state index in [9.17, 15) is 10.1 Å². The van der Waals surface area contributed by atoms with Crippen LogP contribution >= 0.6 is 23.4 Å². The molecule has 0 aliphatic rings. The van der Waals surface area contributed by atoms with E-state index in [1.807, 2.05) is 35.8 Å². The van der Waals surface area contributed by atoms with Gasteiger partial charge in [0.15, 0.2) is 16.7 Å². The maximum Gasteiger partial charge on any atom is 0.220 e. The van der Waals surface area contributed by atoms with E-state index in [1.54, 1.807) is 25.3 Å². The van der Waals surface area contributed by atoms with Gasteiger partial charge in [0.25, 0.3) is 0 Å². The SMILES string of the molecule is C=CCOc1c(Cl)cc([C@@H](C[N+](=O)[O-])Sc2nnc(C)n2-c2ccc(OC)cc2)cc1OC. The number of aryl methyl sites for hydroxylation is 1. The molecule has 0 radical (unpaired) electrons. The van der Waals surface area contributed by atoms with Crippen molar-refractivity contribution in [2.24, 2.45) is 0 Å². The fraction of sp³-hybridized carbons (Fsp3) is 0.273. The van der Waals surface area contributed by atoms with E-state index in [2.05, 4.69) is 16.8 Å². The van der Waals surface area contributed by atoms with Gasteiger partial charge in [-0.3, -0.25) is 14.7 Å². The van der Waals surface area contributed by atoms with Gasteiger partial charge in [0.05, 0.1) is 19.2 Å². The summed E-state index contributed by atoms with van der Waals surface area (Å²) in [6.45, 7) is 5.32. The van der Waals surface area contributed by atoms with Crippen LogP contribution in [0.3, 0.4) is 0 Å². The highest BCUT2D eigenvalue weighted by Crippen LogP contribution is 2.43. The van der Waals surface area contributed by atoms with Crippen LogP contribution in [0.5, 0.6) is 17.2 Å². The van der Waals surface area contributed by atoms with Crippen LogP contribution in [0.15, 0.2) is 54.2 Å². The minimum Gasteiger partial charge on any atom is -0.497 e. The van der Waals surface area contributed by atoms with Crippen molar-refractivity contribution in [3.05, 3.63) is 75.6 Å². The van der Waals surface area contributed by atoms with Crippen LogP contribution in [0.4, 0.5) is 0 Å². The smallest absolute Gasteiger partial charge is 0.220 e. The summed E-state index contributed by atoms with van der Waals surface area (Å²) >= 11 is 7.65. The summed E-state index contributed by atoms with van der Waals surface area (Å²) in [4.78, 5) is 11.1. The lowest BCUT2D eigenvalue weighted by Gasteiger charge is -2.18. The van der Waals surface area contributed by atoms with Gasteiger partial charge in [-0.15, -0.1) is 10.2 Å². The van der Waals surface area contributed by atoms with E-state index in [-0.39, 0.29) is 23.1 Å². The van der Waals surface area contributed by atoms with Crippen LogP contribution in [0, 0.1) is 17.0 Å². The number of halogens is 1. The maximum absolute atomic E-state index is 11.5. The second-order valence-electron chi connectivity index (χ2n) is 6.82. The van der Waals surface area contributed by atoms with Gasteiger partial charge in [0, 0.05) is 10.6 Å². The highest BCUT2D eigenvalue weighted by atomic mass is 35.5. The summed E-state index contributed by atoms with van der Waals surface area (Å²) < 4.78 is 18.1. The van der Waals surface area contributed by atoms with Crippen LogP contribution in [0.2, 0.25) is 5.02 Å². The minimum absolute atomic E-state index is 0.243. The molecule has 0 unspecified atom stereocenters. The minimum atomic E-state index is -0.611. The average molecular weight is 491 g/mol.